The molecule has 0 amide bonds. The van der Waals surface area contributed by atoms with E-state index in [9.17, 15) is 4.79 Å². The highest BCUT2D eigenvalue weighted by Gasteiger charge is 2.10. The average Bonchev–Trinajstić information content (AvgIpc) is 2.61. The van der Waals surface area contributed by atoms with Crippen LogP contribution in [0.2, 0.25) is 0 Å². The Morgan fingerprint density at radius 2 is 1.78 bits per heavy atom. The van der Waals surface area contributed by atoms with Gasteiger partial charge in [0.2, 0.25) is 0 Å². The third-order valence-corrected chi connectivity index (χ3v) is 3.97. The number of methoxy groups -OCH3 is 1. The van der Waals surface area contributed by atoms with Crippen LogP contribution >= 0.6 is 0 Å². The van der Waals surface area contributed by atoms with Crippen LogP contribution in [-0.2, 0) is 0 Å². The molecule has 4 rings (SSSR count). The van der Waals surface area contributed by atoms with Gasteiger partial charge in [-0.25, -0.2) is 0 Å². The predicted octanol–water partition coefficient (Wildman–Crippen LogP) is 4.62. The summed E-state index contributed by atoms with van der Waals surface area (Å²) in [5, 5.41) is 2.56. The summed E-state index contributed by atoms with van der Waals surface area (Å²) in [6.45, 7) is 0. The van der Waals surface area contributed by atoms with E-state index in [-0.39, 0.29) is 5.43 Å². The van der Waals surface area contributed by atoms with Gasteiger partial charge in [-0.3, -0.25) is 4.79 Å². The molecule has 0 saturated carbocycles. The van der Waals surface area contributed by atoms with Crippen molar-refractivity contribution in [2.45, 2.75) is 0 Å². The maximum atomic E-state index is 12.7. The van der Waals surface area contributed by atoms with Crippen LogP contribution in [-0.4, -0.2) is 7.11 Å². The number of rotatable bonds is 2. The van der Waals surface area contributed by atoms with E-state index < -0.39 is 0 Å². The minimum Gasteiger partial charge on any atom is -0.497 e. The Morgan fingerprint density at radius 1 is 0.913 bits per heavy atom. The zero-order valence-electron chi connectivity index (χ0n) is 12.6. The third kappa shape index (κ3) is 2.27. The first kappa shape index (κ1) is 13.6. The van der Waals surface area contributed by atoms with E-state index >= 15 is 0 Å². The number of fused-ring (bicyclic) bond motifs is 3. The van der Waals surface area contributed by atoms with Gasteiger partial charge >= 0.3 is 0 Å². The number of hydrogen-bond donors (Lipinski definition) is 0. The lowest BCUT2D eigenvalue weighted by molar-refractivity contribution is 0.415. The number of benzene rings is 3. The topological polar surface area (TPSA) is 39.4 Å². The summed E-state index contributed by atoms with van der Waals surface area (Å²) in [5.74, 6) is 1.26. The summed E-state index contributed by atoms with van der Waals surface area (Å²) in [6, 6.07) is 20.7. The van der Waals surface area contributed by atoms with Crippen LogP contribution in [0.3, 0.4) is 0 Å². The molecule has 1 aromatic heterocycles. The van der Waals surface area contributed by atoms with E-state index in [1.54, 1.807) is 13.2 Å². The molecule has 3 heteroatoms. The minimum absolute atomic E-state index is 0.0409. The summed E-state index contributed by atoms with van der Waals surface area (Å²) in [7, 11) is 1.61. The summed E-state index contributed by atoms with van der Waals surface area (Å²) >= 11 is 0. The summed E-state index contributed by atoms with van der Waals surface area (Å²) < 4.78 is 11.2. The van der Waals surface area contributed by atoms with E-state index in [0.29, 0.717) is 16.7 Å². The summed E-state index contributed by atoms with van der Waals surface area (Å²) in [5.41, 5.74) is 1.37. The predicted molar refractivity (Wildman–Crippen MR) is 92.0 cm³/mol. The highest BCUT2D eigenvalue weighted by atomic mass is 16.5. The molecule has 3 aromatic carbocycles. The van der Waals surface area contributed by atoms with Gasteiger partial charge in [-0.05, 0) is 29.0 Å². The first-order valence-corrected chi connectivity index (χ1v) is 7.36. The molecule has 112 valence electrons. The minimum atomic E-state index is -0.0409. The zero-order valence-corrected chi connectivity index (χ0v) is 12.6. The Hall–Kier alpha value is -3.07. The fraction of sp³-hybridized carbons (Fsp3) is 0.0500. The van der Waals surface area contributed by atoms with E-state index in [1.807, 2.05) is 60.7 Å². The Balaban J connectivity index is 2.01. The Morgan fingerprint density at radius 3 is 2.65 bits per heavy atom. The molecule has 0 aliphatic heterocycles. The molecule has 1 heterocycles. The molecule has 23 heavy (non-hydrogen) atoms. The Labute approximate surface area is 132 Å². The van der Waals surface area contributed by atoms with Crippen LogP contribution in [0.4, 0.5) is 0 Å². The van der Waals surface area contributed by atoms with Crippen LogP contribution in [0.25, 0.3) is 33.1 Å². The second kappa shape index (κ2) is 5.29. The Kier molecular flexibility index (Phi) is 3.12. The molecule has 0 spiro atoms. The fourth-order valence-corrected chi connectivity index (χ4v) is 2.85. The lowest BCUT2D eigenvalue weighted by Gasteiger charge is -2.07. The van der Waals surface area contributed by atoms with Crippen molar-refractivity contribution in [2.24, 2.45) is 0 Å². The smallest absolute Gasteiger partial charge is 0.193 e. The highest BCUT2D eigenvalue weighted by Crippen LogP contribution is 2.28. The molecule has 0 aliphatic rings. The van der Waals surface area contributed by atoms with Crippen molar-refractivity contribution in [3.8, 4) is 17.1 Å². The van der Waals surface area contributed by atoms with Gasteiger partial charge in [0.1, 0.15) is 17.1 Å². The first-order valence-electron chi connectivity index (χ1n) is 7.36. The standard InChI is InChI=1S/C20H14O3/c1-22-15-7-4-6-14(11-15)19-12-17(21)20-16-8-3-2-5-13(16)9-10-18(20)23-19/h2-12H,1H3. The summed E-state index contributed by atoms with van der Waals surface area (Å²) in [4.78, 5) is 12.7. The van der Waals surface area contributed by atoms with Crippen molar-refractivity contribution in [1.29, 1.82) is 0 Å². The zero-order chi connectivity index (χ0) is 15.8. The molecule has 0 atom stereocenters. The Bertz CT molecular complexity index is 1080. The molecular weight excluding hydrogens is 288 g/mol. The van der Waals surface area contributed by atoms with Crippen LogP contribution < -0.4 is 10.2 Å². The van der Waals surface area contributed by atoms with Crippen LogP contribution in [0, 0.1) is 0 Å². The number of ether oxygens (including phenoxy) is 1. The van der Waals surface area contributed by atoms with Gasteiger partial charge in [0.25, 0.3) is 0 Å². The van der Waals surface area contributed by atoms with Gasteiger partial charge in [-0.2, -0.15) is 0 Å². The second-order valence-electron chi connectivity index (χ2n) is 5.37. The monoisotopic (exact) mass is 302 g/mol. The molecule has 0 unspecified atom stereocenters. The lowest BCUT2D eigenvalue weighted by Crippen LogP contribution is -2.01. The number of hydrogen-bond acceptors (Lipinski definition) is 3. The van der Waals surface area contributed by atoms with Gasteiger partial charge in [0.05, 0.1) is 12.5 Å². The van der Waals surface area contributed by atoms with Crippen molar-refractivity contribution >= 4 is 21.7 Å². The third-order valence-electron chi connectivity index (χ3n) is 3.97. The SMILES string of the molecule is COc1cccc(-c2cc(=O)c3c(ccc4ccccc43)o2)c1. The maximum Gasteiger partial charge on any atom is 0.193 e. The first-order chi connectivity index (χ1) is 11.3. The second-order valence-corrected chi connectivity index (χ2v) is 5.37. The molecular formula is C20H14O3. The van der Waals surface area contributed by atoms with Gasteiger partial charge in [0.15, 0.2) is 5.43 Å². The molecule has 0 saturated heterocycles. The van der Waals surface area contributed by atoms with Crippen molar-refractivity contribution < 1.29 is 9.15 Å². The largest absolute Gasteiger partial charge is 0.497 e. The van der Waals surface area contributed by atoms with E-state index in [2.05, 4.69) is 0 Å². The van der Waals surface area contributed by atoms with Crippen molar-refractivity contribution in [3.63, 3.8) is 0 Å². The maximum absolute atomic E-state index is 12.7. The lowest BCUT2D eigenvalue weighted by atomic mass is 10.0. The molecule has 3 nitrogen and oxygen atoms in total. The van der Waals surface area contributed by atoms with Crippen LogP contribution in [0.15, 0.2) is 75.9 Å². The molecule has 0 N–H and O–H groups in total. The molecule has 0 fully saturated rings. The van der Waals surface area contributed by atoms with Crippen molar-refractivity contribution in [1.82, 2.24) is 0 Å². The molecule has 4 aromatic rings. The quantitative estimate of drug-likeness (QED) is 0.507. The fourth-order valence-electron chi connectivity index (χ4n) is 2.85. The van der Waals surface area contributed by atoms with Crippen molar-refractivity contribution in [2.75, 3.05) is 7.11 Å². The average molecular weight is 302 g/mol. The molecule has 0 bridgehead atoms. The van der Waals surface area contributed by atoms with Gasteiger partial charge in [-0.15, -0.1) is 0 Å². The van der Waals surface area contributed by atoms with E-state index in [4.69, 9.17) is 9.15 Å². The van der Waals surface area contributed by atoms with Gasteiger partial charge in [-0.1, -0.05) is 42.5 Å². The highest BCUT2D eigenvalue weighted by molar-refractivity contribution is 6.05. The van der Waals surface area contributed by atoms with Crippen LogP contribution in [0.1, 0.15) is 0 Å². The molecule has 0 aliphatic carbocycles. The summed E-state index contributed by atoms with van der Waals surface area (Å²) in [6.07, 6.45) is 0. The normalized spacial score (nSPS) is 11.0. The van der Waals surface area contributed by atoms with Gasteiger partial charge in [0, 0.05) is 11.6 Å². The van der Waals surface area contributed by atoms with Crippen molar-refractivity contribution in [3.05, 3.63) is 77.0 Å². The molecule has 0 radical (unpaired) electrons. The van der Waals surface area contributed by atoms with Gasteiger partial charge < -0.3 is 9.15 Å². The van der Waals surface area contributed by atoms with Crippen LogP contribution in [0.5, 0.6) is 5.75 Å². The van der Waals surface area contributed by atoms with E-state index in [1.165, 1.54) is 0 Å². The van der Waals surface area contributed by atoms with E-state index in [0.717, 1.165) is 22.1 Å².